The number of carboxylic acid groups (broad SMARTS) is 1. The topological polar surface area (TPSA) is 66.4 Å². The molecule has 0 radical (unpaired) electrons. The van der Waals surface area contributed by atoms with E-state index >= 15 is 0 Å². The molecule has 23 heavy (non-hydrogen) atoms. The quantitative estimate of drug-likeness (QED) is 0.719. The van der Waals surface area contributed by atoms with Crippen LogP contribution in [-0.2, 0) is 0 Å². The normalized spacial score (nSPS) is 9.61. The van der Waals surface area contributed by atoms with E-state index in [0.717, 1.165) is 6.07 Å². The fraction of sp³-hybridized carbons (Fsp3) is 0.0667. The number of carbonyl (C=O) groups is 2. The van der Waals surface area contributed by atoms with E-state index in [1.54, 1.807) is 6.07 Å². The number of carbonyl (C=O) groups excluding carboxylic acids is 1. The monoisotopic (exact) mass is 449 g/mol. The van der Waals surface area contributed by atoms with Crippen LogP contribution in [0.1, 0.15) is 20.7 Å². The molecule has 0 spiro atoms. The van der Waals surface area contributed by atoms with Gasteiger partial charge in [0.15, 0.2) is 0 Å². The molecule has 122 valence electrons. The fourth-order valence-corrected chi connectivity index (χ4v) is 2.14. The maximum Gasteiger partial charge on any atom is 0.338 e. The molecule has 0 aliphatic carbocycles. The van der Waals surface area contributed by atoms with E-state index in [0.29, 0.717) is 8.95 Å². The largest absolute Gasteiger partial charge is 0.478 e. The molecule has 0 heterocycles. The van der Waals surface area contributed by atoms with Gasteiger partial charge in [-0.1, -0.05) is 31.9 Å². The number of nitrogens with one attached hydrogen (secondary N) is 1. The van der Waals surface area contributed by atoms with Crippen molar-refractivity contribution in [3.05, 3.63) is 68.1 Å². The molecular formula is C15H11Br2F2NO3. The Balaban J connectivity index is 0.000000231. The average molecular weight is 451 g/mol. The van der Waals surface area contributed by atoms with Gasteiger partial charge in [-0.3, -0.25) is 4.79 Å². The molecule has 4 nitrogen and oxygen atoms in total. The van der Waals surface area contributed by atoms with Crippen LogP contribution in [0, 0.1) is 11.6 Å². The van der Waals surface area contributed by atoms with Crippen molar-refractivity contribution < 1.29 is 23.5 Å². The van der Waals surface area contributed by atoms with Crippen LogP contribution in [0.15, 0.2) is 45.3 Å². The predicted molar refractivity (Wildman–Crippen MR) is 88.5 cm³/mol. The van der Waals surface area contributed by atoms with Crippen LogP contribution < -0.4 is 5.32 Å². The summed E-state index contributed by atoms with van der Waals surface area (Å²) in [5.74, 6) is -2.93. The fourth-order valence-electron chi connectivity index (χ4n) is 1.47. The third-order valence-corrected chi connectivity index (χ3v) is 3.55. The number of rotatable bonds is 2. The minimum Gasteiger partial charge on any atom is -0.478 e. The van der Waals surface area contributed by atoms with Gasteiger partial charge in [0.05, 0.1) is 11.1 Å². The zero-order chi connectivity index (χ0) is 17.6. The van der Waals surface area contributed by atoms with Gasteiger partial charge in [0, 0.05) is 16.0 Å². The standard InChI is InChI=1S/C8H7BrFNO.C7H4BrFO2/c1-11-8(12)6-3-2-5(9)4-7(6)10;8-4-1-2-5(7(10)11)6(9)3-4/h2-4H,1H3,(H,11,12);1-3H,(H,10,11). The smallest absolute Gasteiger partial charge is 0.338 e. The van der Waals surface area contributed by atoms with E-state index in [4.69, 9.17) is 5.11 Å². The van der Waals surface area contributed by atoms with Crippen LogP contribution in [0.5, 0.6) is 0 Å². The van der Waals surface area contributed by atoms with E-state index < -0.39 is 23.5 Å². The SMILES string of the molecule is CNC(=O)c1ccc(Br)cc1F.O=C(O)c1ccc(Br)cc1F. The highest BCUT2D eigenvalue weighted by atomic mass is 79.9. The van der Waals surface area contributed by atoms with Crippen molar-refractivity contribution in [3.8, 4) is 0 Å². The van der Waals surface area contributed by atoms with Crippen LogP contribution in [0.4, 0.5) is 8.78 Å². The Morgan fingerprint density at radius 1 is 0.957 bits per heavy atom. The number of hydrogen-bond acceptors (Lipinski definition) is 2. The van der Waals surface area contributed by atoms with Gasteiger partial charge < -0.3 is 10.4 Å². The first-order chi connectivity index (χ1) is 10.8. The summed E-state index contributed by atoms with van der Waals surface area (Å²) >= 11 is 6.11. The van der Waals surface area contributed by atoms with E-state index in [1.165, 1.54) is 31.3 Å². The number of hydrogen-bond donors (Lipinski definition) is 2. The van der Waals surface area contributed by atoms with Crippen molar-refractivity contribution in [2.24, 2.45) is 0 Å². The molecule has 0 saturated carbocycles. The molecule has 2 rings (SSSR count). The molecule has 0 saturated heterocycles. The van der Waals surface area contributed by atoms with Gasteiger partial charge in [0.2, 0.25) is 0 Å². The van der Waals surface area contributed by atoms with Crippen molar-refractivity contribution in [1.29, 1.82) is 0 Å². The van der Waals surface area contributed by atoms with Crippen molar-refractivity contribution in [1.82, 2.24) is 5.32 Å². The minimum atomic E-state index is -1.25. The van der Waals surface area contributed by atoms with Gasteiger partial charge in [-0.05, 0) is 36.4 Å². The Hall–Kier alpha value is -1.80. The van der Waals surface area contributed by atoms with E-state index in [2.05, 4.69) is 37.2 Å². The van der Waals surface area contributed by atoms with Gasteiger partial charge >= 0.3 is 5.97 Å². The summed E-state index contributed by atoms with van der Waals surface area (Å²) in [6, 6.07) is 8.11. The second-order valence-corrected chi connectivity index (χ2v) is 5.96. The minimum absolute atomic E-state index is 0.0562. The highest BCUT2D eigenvalue weighted by molar-refractivity contribution is 9.10. The summed E-state index contributed by atoms with van der Waals surface area (Å²) < 4.78 is 26.8. The van der Waals surface area contributed by atoms with Crippen LogP contribution in [0.2, 0.25) is 0 Å². The lowest BCUT2D eigenvalue weighted by atomic mass is 10.2. The van der Waals surface area contributed by atoms with Crippen molar-refractivity contribution in [3.63, 3.8) is 0 Å². The first kappa shape index (κ1) is 19.2. The van der Waals surface area contributed by atoms with Crippen molar-refractivity contribution in [2.75, 3.05) is 7.05 Å². The Labute approximate surface area is 147 Å². The van der Waals surface area contributed by atoms with Gasteiger partial charge in [-0.15, -0.1) is 0 Å². The molecule has 0 fully saturated rings. The molecule has 0 bridgehead atoms. The first-order valence-electron chi connectivity index (χ1n) is 6.11. The maximum absolute atomic E-state index is 13.0. The molecule has 2 aromatic carbocycles. The Morgan fingerprint density at radius 2 is 1.39 bits per heavy atom. The lowest BCUT2D eigenvalue weighted by molar-refractivity contribution is 0.0691. The zero-order valence-electron chi connectivity index (χ0n) is 11.7. The second kappa shape index (κ2) is 8.73. The molecule has 0 atom stereocenters. The Kier molecular flexibility index (Phi) is 7.31. The summed E-state index contributed by atoms with van der Waals surface area (Å²) in [5, 5.41) is 10.7. The average Bonchev–Trinajstić information content (AvgIpc) is 2.46. The van der Waals surface area contributed by atoms with Crippen LogP contribution in [-0.4, -0.2) is 24.0 Å². The number of amides is 1. The number of benzene rings is 2. The Bertz CT molecular complexity index is 739. The molecule has 0 aliphatic heterocycles. The predicted octanol–water partition coefficient (Wildman–Crippen LogP) is 4.23. The van der Waals surface area contributed by atoms with Crippen LogP contribution in [0.3, 0.4) is 0 Å². The summed E-state index contributed by atoms with van der Waals surface area (Å²) in [6.07, 6.45) is 0. The molecule has 1 amide bonds. The molecular weight excluding hydrogens is 440 g/mol. The van der Waals surface area contributed by atoms with Gasteiger partial charge in [-0.25, -0.2) is 13.6 Å². The molecule has 8 heteroatoms. The third kappa shape index (κ3) is 5.72. The highest BCUT2D eigenvalue weighted by Gasteiger charge is 2.09. The van der Waals surface area contributed by atoms with Crippen molar-refractivity contribution >= 4 is 43.7 Å². The highest BCUT2D eigenvalue weighted by Crippen LogP contribution is 2.15. The third-order valence-electron chi connectivity index (χ3n) is 2.56. The number of halogens is 4. The van der Waals surface area contributed by atoms with Gasteiger partial charge in [0.25, 0.3) is 5.91 Å². The van der Waals surface area contributed by atoms with E-state index in [9.17, 15) is 18.4 Å². The first-order valence-corrected chi connectivity index (χ1v) is 7.70. The number of aromatic carboxylic acids is 1. The van der Waals surface area contributed by atoms with Crippen LogP contribution >= 0.6 is 31.9 Å². The summed E-state index contributed by atoms with van der Waals surface area (Å²) in [7, 11) is 1.46. The summed E-state index contributed by atoms with van der Waals surface area (Å²) in [4.78, 5) is 21.3. The number of carboxylic acids is 1. The lowest BCUT2D eigenvalue weighted by Gasteiger charge is -2.00. The summed E-state index contributed by atoms with van der Waals surface area (Å²) in [6.45, 7) is 0. The van der Waals surface area contributed by atoms with Gasteiger partial charge in [0.1, 0.15) is 11.6 Å². The zero-order valence-corrected chi connectivity index (χ0v) is 14.9. The molecule has 2 N–H and O–H groups in total. The van der Waals surface area contributed by atoms with Gasteiger partial charge in [-0.2, -0.15) is 0 Å². The molecule has 0 unspecified atom stereocenters. The molecule has 2 aromatic rings. The van der Waals surface area contributed by atoms with Crippen LogP contribution in [0.25, 0.3) is 0 Å². The van der Waals surface area contributed by atoms with E-state index in [-0.39, 0.29) is 11.1 Å². The molecule has 0 aromatic heterocycles. The Morgan fingerprint density at radius 3 is 1.74 bits per heavy atom. The maximum atomic E-state index is 13.0. The molecule has 0 aliphatic rings. The lowest BCUT2D eigenvalue weighted by Crippen LogP contribution is -2.19. The summed E-state index contributed by atoms with van der Waals surface area (Å²) in [5.41, 5.74) is -0.256. The van der Waals surface area contributed by atoms with E-state index in [1.807, 2.05) is 0 Å². The second-order valence-electron chi connectivity index (χ2n) is 4.13. The van der Waals surface area contributed by atoms with Crippen molar-refractivity contribution in [2.45, 2.75) is 0 Å².